The number of benzene rings is 1. The second-order valence-electron chi connectivity index (χ2n) is 6.98. The van der Waals surface area contributed by atoms with Gasteiger partial charge in [0.05, 0.1) is 6.54 Å². The van der Waals surface area contributed by atoms with Gasteiger partial charge >= 0.3 is 0 Å². The van der Waals surface area contributed by atoms with Crippen LogP contribution < -0.4 is 0 Å². The van der Waals surface area contributed by atoms with E-state index in [1.165, 1.54) is 23.1 Å². The largest absolute Gasteiger partial charge is 0.337 e. The Kier molecular flexibility index (Phi) is 4.11. The van der Waals surface area contributed by atoms with E-state index >= 15 is 0 Å². The van der Waals surface area contributed by atoms with Gasteiger partial charge in [-0.3, -0.25) is 4.79 Å². The van der Waals surface area contributed by atoms with Gasteiger partial charge in [-0.05, 0) is 18.6 Å². The maximum absolute atomic E-state index is 13.9. The lowest BCUT2D eigenvalue weighted by molar-refractivity contribution is -0.130. The lowest BCUT2D eigenvalue weighted by atomic mass is 9.96. The Labute approximate surface area is 138 Å². The van der Waals surface area contributed by atoms with E-state index in [1.807, 2.05) is 20.8 Å². The number of halogens is 2. The third-order valence-electron chi connectivity index (χ3n) is 4.12. The zero-order chi connectivity index (χ0) is 17.5. The van der Waals surface area contributed by atoms with Crippen LogP contribution in [-0.4, -0.2) is 20.9 Å². The first kappa shape index (κ1) is 16.5. The molecule has 1 aliphatic heterocycles. The number of hydrogen-bond acceptors (Lipinski definition) is 4. The van der Waals surface area contributed by atoms with Crippen LogP contribution in [0.2, 0.25) is 0 Å². The summed E-state index contributed by atoms with van der Waals surface area (Å²) in [5.74, 6) is -0.682. The molecule has 1 amide bonds. The molecule has 0 N–H and O–H groups in total. The number of rotatable bonds is 3. The smallest absolute Gasteiger partial charge is 0.249 e. The van der Waals surface area contributed by atoms with Crippen LogP contribution in [0.4, 0.5) is 8.78 Å². The predicted molar refractivity (Wildman–Crippen MR) is 81.9 cm³/mol. The highest BCUT2D eigenvalue weighted by molar-refractivity contribution is 5.78. The highest BCUT2D eigenvalue weighted by Gasteiger charge is 2.37. The Hall–Kier alpha value is -2.31. The minimum atomic E-state index is -0.672. The summed E-state index contributed by atoms with van der Waals surface area (Å²) in [6.07, 6.45) is 0.772. The Morgan fingerprint density at radius 3 is 2.54 bits per heavy atom. The van der Waals surface area contributed by atoms with E-state index in [9.17, 15) is 13.6 Å². The van der Waals surface area contributed by atoms with Crippen molar-refractivity contribution in [1.29, 1.82) is 0 Å². The van der Waals surface area contributed by atoms with Crippen molar-refractivity contribution in [3.8, 4) is 0 Å². The molecule has 2 heterocycles. The molecule has 1 aliphatic rings. The van der Waals surface area contributed by atoms with Crippen molar-refractivity contribution in [1.82, 2.24) is 15.0 Å². The van der Waals surface area contributed by atoms with Gasteiger partial charge in [0.25, 0.3) is 0 Å². The van der Waals surface area contributed by atoms with E-state index < -0.39 is 17.7 Å². The number of carbonyl (C=O) groups excluding carboxylic acids is 1. The molecule has 3 rings (SSSR count). The molecule has 1 unspecified atom stereocenters. The van der Waals surface area contributed by atoms with Gasteiger partial charge in [0.1, 0.15) is 17.7 Å². The van der Waals surface area contributed by atoms with E-state index in [1.54, 1.807) is 0 Å². The molecule has 2 aromatic rings. The molecule has 0 spiro atoms. The van der Waals surface area contributed by atoms with Gasteiger partial charge in [-0.15, -0.1) is 0 Å². The molecule has 5 nitrogen and oxygen atoms in total. The van der Waals surface area contributed by atoms with Crippen LogP contribution in [0.25, 0.3) is 0 Å². The quantitative estimate of drug-likeness (QED) is 0.861. The van der Waals surface area contributed by atoms with Crippen LogP contribution >= 0.6 is 0 Å². The molecule has 1 fully saturated rings. The lowest BCUT2D eigenvalue weighted by Crippen LogP contribution is -2.28. The van der Waals surface area contributed by atoms with Crippen LogP contribution in [-0.2, 0) is 16.8 Å². The number of aromatic nitrogens is 2. The number of hydrogen-bond donors (Lipinski definition) is 0. The van der Waals surface area contributed by atoms with E-state index in [-0.39, 0.29) is 29.9 Å². The molecule has 0 bridgehead atoms. The summed E-state index contributed by atoms with van der Waals surface area (Å²) in [5.41, 5.74) is -0.416. The minimum absolute atomic E-state index is 0.131. The molecule has 128 valence electrons. The van der Waals surface area contributed by atoms with E-state index in [4.69, 9.17) is 4.52 Å². The predicted octanol–water partition coefficient (Wildman–Crippen LogP) is 3.51. The van der Waals surface area contributed by atoms with Crippen molar-refractivity contribution in [3.05, 3.63) is 47.1 Å². The van der Waals surface area contributed by atoms with Crippen LogP contribution in [0.3, 0.4) is 0 Å². The third kappa shape index (κ3) is 3.02. The maximum Gasteiger partial charge on any atom is 0.249 e. The van der Waals surface area contributed by atoms with Crippen LogP contribution in [0.1, 0.15) is 56.9 Å². The summed E-state index contributed by atoms with van der Waals surface area (Å²) in [6, 6.07) is 3.20. The van der Waals surface area contributed by atoms with E-state index in [0.29, 0.717) is 18.1 Å². The van der Waals surface area contributed by atoms with Crippen LogP contribution in [0.15, 0.2) is 22.7 Å². The normalized spacial score (nSPS) is 18.5. The molecule has 7 heteroatoms. The molecule has 24 heavy (non-hydrogen) atoms. The summed E-state index contributed by atoms with van der Waals surface area (Å²) in [5, 5.41) is 3.96. The summed E-state index contributed by atoms with van der Waals surface area (Å²) in [4.78, 5) is 18.0. The highest BCUT2D eigenvalue weighted by atomic mass is 19.1. The second-order valence-corrected chi connectivity index (χ2v) is 6.98. The van der Waals surface area contributed by atoms with Crippen molar-refractivity contribution >= 4 is 5.91 Å². The third-order valence-corrected chi connectivity index (χ3v) is 4.12. The number of amides is 1. The molecule has 0 radical (unpaired) electrons. The molecular formula is C17H19F2N3O2. The Bertz CT molecular complexity index is 747. The standard InChI is InChI=1S/C17H19F2N3O2/c1-17(2,3)16-20-15(24-21-16)13-7-8-14(23)22(13)9-10-11(18)5-4-6-12(10)19/h4-6,13H,7-9H2,1-3H3. The fourth-order valence-corrected chi connectivity index (χ4v) is 2.72. The highest BCUT2D eigenvalue weighted by Crippen LogP contribution is 2.34. The first-order valence-corrected chi connectivity index (χ1v) is 7.84. The van der Waals surface area contributed by atoms with Gasteiger partial charge in [0.2, 0.25) is 11.8 Å². The van der Waals surface area contributed by atoms with Crippen molar-refractivity contribution in [2.24, 2.45) is 0 Å². The van der Waals surface area contributed by atoms with Gasteiger partial charge < -0.3 is 9.42 Å². The number of nitrogens with zero attached hydrogens (tertiary/aromatic N) is 3. The Morgan fingerprint density at radius 1 is 1.29 bits per heavy atom. The van der Waals surface area contributed by atoms with Crippen molar-refractivity contribution in [2.45, 2.75) is 51.6 Å². The summed E-state index contributed by atoms with van der Waals surface area (Å²) >= 11 is 0. The molecular weight excluding hydrogens is 316 g/mol. The fraction of sp³-hybridized carbons (Fsp3) is 0.471. The second kappa shape index (κ2) is 5.96. The lowest BCUT2D eigenvalue weighted by Gasteiger charge is -2.22. The zero-order valence-electron chi connectivity index (χ0n) is 13.8. The summed E-state index contributed by atoms with van der Waals surface area (Å²) < 4.78 is 33.1. The van der Waals surface area contributed by atoms with Gasteiger partial charge in [-0.2, -0.15) is 4.98 Å². The first-order valence-electron chi connectivity index (χ1n) is 7.84. The molecule has 1 atom stereocenters. The Morgan fingerprint density at radius 2 is 1.96 bits per heavy atom. The number of carbonyl (C=O) groups is 1. The van der Waals surface area contributed by atoms with Gasteiger partial charge in [0.15, 0.2) is 5.82 Å². The first-order chi connectivity index (χ1) is 11.3. The van der Waals surface area contributed by atoms with E-state index in [2.05, 4.69) is 10.1 Å². The number of likely N-dealkylation sites (tertiary alicyclic amines) is 1. The summed E-state index contributed by atoms with van der Waals surface area (Å²) in [7, 11) is 0. The van der Waals surface area contributed by atoms with Gasteiger partial charge in [-0.25, -0.2) is 8.78 Å². The van der Waals surface area contributed by atoms with Crippen LogP contribution in [0, 0.1) is 11.6 Å². The van der Waals surface area contributed by atoms with Crippen molar-refractivity contribution in [3.63, 3.8) is 0 Å². The van der Waals surface area contributed by atoms with Crippen molar-refractivity contribution < 1.29 is 18.1 Å². The SMILES string of the molecule is CC(C)(C)c1noc(C2CCC(=O)N2Cc2c(F)cccc2F)n1. The average molecular weight is 335 g/mol. The monoisotopic (exact) mass is 335 g/mol. The Balaban J connectivity index is 1.89. The summed E-state index contributed by atoms with van der Waals surface area (Å²) in [6.45, 7) is 5.70. The minimum Gasteiger partial charge on any atom is -0.337 e. The van der Waals surface area contributed by atoms with Crippen molar-refractivity contribution in [2.75, 3.05) is 0 Å². The molecule has 1 saturated heterocycles. The molecule has 1 aromatic carbocycles. The van der Waals surface area contributed by atoms with E-state index in [0.717, 1.165) is 0 Å². The topological polar surface area (TPSA) is 59.2 Å². The average Bonchev–Trinajstić information content (AvgIpc) is 3.10. The molecule has 0 aliphatic carbocycles. The van der Waals surface area contributed by atoms with Gasteiger partial charge in [0, 0.05) is 17.4 Å². The van der Waals surface area contributed by atoms with Gasteiger partial charge in [-0.1, -0.05) is 32.0 Å². The molecule has 0 saturated carbocycles. The molecule has 1 aromatic heterocycles. The zero-order valence-corrected chi connectivity index (χ0v) is 13.8. The fourth-order valence-electron chi connectivity index (χ4n) is 2.72. The van der Waals surface area contributed by atoms with Crippen LogP contribution in [0.5, 0.6) is 0 Å². The maximum atomic E-state index is 13.9.